The molecule has 0 heterocycles. The first kappa shape index (κ1) is 15.6. The van der Waals surface area contributed by atoms with E-state index in [1.165, 1.54) is 0 Å². The zero-order valence-electron chi connectivity index (χ0n) is 11.1. The van der Waals surface area contributed by atoms with Crippen molar-refractivity contribution in [3.8, 4) is 0 Å². The number of carbonyl (C=O) groups excluding carboxylic acids is 2. The van der Waals surface area contributed by atoms with Gasteiger partial charge in [0.2, 0.25) is 0 Å². The van der Waals surface area contributed by atoms with Crippen molar-refractivity contribution in [1.29, 1.82) is 0 Å². The number of aliphatic hydroxyl groups is 1. The van der Waals surface area contributed by atoms with Crippen molar-refractivity contribution in [3.63, 3.8) is 0 Å². The van der Waals surface area contributed by atoms with Crippen LogP contribution < -0.4 is 10.6 Å². The fraction of sp³-hybridized carbons (Fsp3) is 0.308. The number of rotatable bonds is 4. The molecule has 4 N–H and O–H groups in total. The summed E-state index contributed by atoms with van der Waals surface area (Å²) in [5.41, 5.74) is -0.675. The van der Waals surface area contributed by atoms with Crippen LogP contribution >= 0.6 is 0 Å². The molecule has 0 aliphatic rings. The Morgan fingerprint density at radius 1 is 1.15 bits per heavy atom. The highest BCUT2D eigenvalue weighted by Gasteiger charge is 2.31. The summed E-state index contributed by atoms with van der Waals surface area (Å²) in [6, 6.07) is 6.80. The fourth-order valence-electron chi connectivity index (χ4n) is 1.23. The molecule has 2 amide bonds. The predicted molar refractivity (Wildman–Crippen MR) is 71.1 cm³/mol. The summed E-state index contributed by atoms with van der Waals surface area (Å²) in [6.07, 6.45) is 0. The standard InChI is InChI=1S/C13H16N2O5/c1-8-3-5-9(6-4-8)15-11(17)10(16)14-7-13(2,20)12(18)19/h3-6,20H,7H2,1-2H3,(H,14,16)(H,15,17)(H,18,19). The fourth-order valence-corrected chi connectivity index (χ4v) is 1.23. The molecule has 0 aliphatic carbocycles. The maximum atomic E-state index is 11.5. The van der Waals surface area contributed by atoms with Crippen molar-refractivity contribution in [1.82, 2.24) is 5.32 Å². The first-order valence-electron chi connectivity index (χ1n) is 5.84. The van der Waals surface area contributed by atoms with Gasteiger partial charge in [-0.3, -0.25) is 9.59 Å². The van der Waals surface area contributed by atoms with Crippen LogP contribution in [0.2, 0.25) is 0 Å². The summed E-state index contributed by atoms with van der Waals surface area (Å²) in [5, 5.41) is 22.5. The van der Waals surface area contributed by atoms with Gasteiger partial charge in [0.25, 0.3) is 0 Å². The van der Waals surface area contributed by atoms with Gasteiger partial charge in [-0.15, -0.1) is 0 Å². The monoisotopic (exact) mass is 280 g/mol. The quantitative estimate of drug-likeness (QED) is 0.574. The number of carboxylic acids is 1. The van der Waals surface area contributed by atoms with Crippen LogP contribution in [0.3, 0.4) is 0 Å². The van der Waals surface area contributed by atoms with Gasteiger partial charge >= 0.3 is 17.8 Å². The second kappa shape index (κ2) is 6.16. The number of carbonyl (C=O) groups is 3. The Balaban J connectivity index is 2.54. The van der Waals surface area contributed by atoms with E-state index in [4.69, 9.17) is 5.11 Å². The summed E-state index contributed by atoms with van der Waals surface area (Å²) < 4.78 is 0. The van der Waals surface area contributed by atoms with Gasteiger partial charge in [0, 0.05) is 5.69 Å². The van der Waals surface area contributed by atoms with Crippen LogP contribution in [0.15, 0.2) is 24.3 Å². The van der Waals surface area contributed by atoms with E-state index in [0.29, 0.717) is 5.69 Å². The lowest BCUT2D eigenvalue weighted by atomic mass is 10.1. The third-order valence-electron chi connectivity index (χ3n) is 2.57. The zero-order valence-corrected chi connectivity index (χ0v) is 11.1. The minimum atomic E-state index is -2.13. The Morgan fingerprint density at radius 2 is 1.70 bits per heavy atom. The van der Waals surface area contributed by atoms with Gasteiger partial charge in [0.15, 0.2) is 5.60 Å². The van der Waals surface area contributed by atoms with Gasteiger partial charge < -0.3 is 20.8 Å². The summed E-state index contributed by atoms with van der Waals surface area (Å²) in [5.74, 6) is -3.45. The van der Waals surface area contributed by atoms with Crippen molar-refractivity contribution in [2.45, 2.75) is 19.4 Å². The van der Waals surface area contributed by atoms with Gasteiger partial charge in [0.05, 0.1) is 6.54 Å². The summed E-state index contributed by atoms with van der Waals surface area (Å²) in [4.78, 5) is 33.6. The Kier molecular flexibility index (Phi) is 4.82. The number of carboxylic acid groups (broad SMARTS) is 1. The molecule has 0 spiro atoms. The van der Waals surface area contributed by atoms with E-state index in [2.05, 4.69) is 10.6 Å². The lowest BCUT2D eigenvalue weighted by molar-refractivity contribution is -0.156. The van der Waals surface area contributed by atoms with Crippen LogP contribution in [-0.2, 0) is 14.4 Å². The Bertz CT molecular complexity index is 522. The van der Waals surface area contributed by atoms with Crippen LogP contribution in [0.4, 0.5) is 5.69 Å². The first-order valence-corrected chi connectivity index (χ1v) is 5.84. The minimum absolute atomic E-state index is 0.445. The second-order valence-corrected chi connectivity index (χ2v) is 4.58. The Hall–Kier alpha value is -2.41. The molecule has 1 atom stereocenters. The largest absolute Gasteiger partial charge is 0.479 e. The van der Waals surface area contributed by atoms with Crippen LogP contribution in [0.25, 0.3) is 0 Å². The van der Waals surface area contributed by atoms with Crippen molar-refractivity contribution in [3.05, 3.63) is 29.8 Å². The average Bonchev–Trinajstić information content (AvgIpc) is 2.38. The second-order valence-electron chi connectivity index (χ2n) is 4.58. The van der Waals surface area contributed by atoms with Gasteiger partial charge in [0.1, 0.15) is 0 Å². The summed E-state index contributed by atoms with van der Waals surface area (Å²) >= 11 is 0. The molecule has 0 saturated heterocycles. The molecule has 1 rings (SSSR count). The van der Waals surface area contributed by atoms with Crippen LogP contribution in [0.1, 0.15) is 12.5 Å². The number of amides is 2. The number of anilines is 1. The molecule has 20 heavy (non-hydrogen) atoms. The molecule has 1 unspecified atom stereocenters. The first-order chi connectivity index (χ1) is 9.22. The van der Waals surface area contributed by atoms with Crippen molar-refractivity contribution in [2.75, 3.05) is 11.9 Å². The zero-order chi connectivity index (χ0) is 15.3. The third-order valence-corrected chi connectivity index (χ3v) is 2.57. The van der Waals surface area contributed by atoms with Gasteiger partial charge in [-0.25, -0.2) is 4.79 Å². The van der Waals surface area contributed by atoms with Gasteiger partial charge in [-0.2, -0.15) is 0 Å². The molecule has 108 valence electrons. The molecule has 0 radical (unpaired) electrons. The summed E-state index contributed by atoms with van der Waals surface area (Å²) in [7, 11) is 0. The number of nitrogens with one attached hydrogen (secondary N) is 2. The van der Waals surface area contributed by atoms with Crippen molar-refractivity contribution >= 4 is 23.5 Å². The van der Waals surface area contributed by atoms with Crippen molar-refractivity contribution in [2.24, 2.45) is 0 Å². The molecular formula is C13H16N2O5. The Labute approximate surface area is 115 Å². The van der Waals surface area contributed by atoms with Crippen LogP contribution in [-0.4, -0.2) is 40.1 Å². The molecule has 0 fully saturated rings. The number of aryl methyl sites for hydroxylation is 1. The molecule has 0 aromatic heterocycles. The molecule has 0 bridgehead atoms. The van der Waals surface area contributed by atoms with Gasteiger partial charge in [-0.1, -0.05) is 17.7 Å². The molecule has 7 heteroatoms. The molecule has 7 nitrogen and oxygen atoms in total. The van der Waals surface area contributed by atoms with E-state index in [-0.39, 0.29) is 0 Å². The number of hydrogen-bond donors (Lipinski definition) is 4. The van der Waals surface area contributed by atoms with E-state index < -0.39 is 29.9 Å². The normalized spacial score (nSPS) is 13.2. The highest BCUT2D eigenvalue weighted by molar-refractivity contribution is 6.39. The van der Waals surface area contributed by atoms with E-state index in [0.717, 1.165) is 12.5 Å². The van der Waals surface area contributed by atoms with E-state index in [9.17, 15) is 19.5 Å². The molecule has 0 saturated carbocycles. The topological polar surface area (TPSA) is 116 Å². The van der Waals surface area contributed by atoms with E-state index in [1.807, 2.05) is 6.92 Å². The van der Waals surface area contributed by atoms with E-state index in [1.54, 1.807) is 24.3 Å². The van der Waals surface area contributed by atoms with Crippen LogP contribution in [0.5, 0.6) is 0 Å². The van der Waals surface area contributed by atoms with Crippen molar-refractivity contribution < 1.29 is 24.6 Å². The maximum absolute atomic E-state index is 11.5. The average molecular weight is 280 g/mol. The Morgan fingerprint density at radius 3 is 2.20 bits per heavy atom. The molecule has 0 aliphatic heterocycles. The highest BCUT2D eigenvalue weighted by Crippen LogP contribution is 2.08. The summed E-state index contributed by atoms with van der Waals surface area (Å²) in [6.45, 7) is 2.34. The predicted octanol–water partition coefficient (Wildman–Crippen LogP) is -0.115. The maximum Gasteiger partial charge on any atom is 0.337 e. The number of aliphatic carboxylic acids is 1. The SMILES string of the molecule is Cc1ccc(NC(=O)C(=O)NCC(C)(O)C(=O)O)cc1. The van der Waals surface area contributed by atoms with Gasteiger partial charge in [-0.05, 0) is 26.0 Å². The lowest BCUT2D eigenvalue weighted by Crippen LogP contribution is -2.48. The number of hydrogen-bond acceptors (Lipinski definition) is 4. The molecule has 1 aromatic carbocycles. The highest BCUT2D eigenvalue weighted by atomic mass is 16.4. The third kappa shape index (κ3) is 4.36. The van der Waals surface area contributed by atoms with Crippen LogP contribution in [0, 0.1) is 6.92 Å². The molecule has 1 aromatic rings. The minimum Gasteiger partial charge on any atom is -0.479 e. The van der Waals surface area contributed by atoms with E-state index >= 15 is 0 Å². The molecular weight excluding hydrogens is 264 g/mol. The lowest BCUT2D eigenvalue weighted by Gasteiger charge is -2.17. The smallest absolute Gasteiger partial charge is 0.337 e. The number of benzene rings is 1.